The van der Waals surface area contributed by atoms with Crippen LogP contribution in [0.4, 0.5) is 0 Å². The lowest BCUT2D eigenvalue weighted by Crippen LogP contribution is -2.45. The molecule has 0 aliphatic carbocycles. The van der Waals surface area contributed by atoms with E-state index in [1.54, 1.807) is 32.7 Å². The lowest BCUT2D eigenvalue weighted by molar-refractivity contribution is 0.121. The average Bonchev–Trinajstić information content (AvgIpc) is 3.17. The van der Waals surface area contributed by atoms with Crippen LogP contribution in [0.3, 0.4) is 0 Å². The van der Waals surface area contributed by atoms with E-state index in [-0.39, 0.29) is 0 Å². The van der Waals surface area contributed by atoms with Crippen molar-refractivity contribution < 1.29 is 14.2 Å². The molecular formula is C22H27N3O3S. The molecule has 4 rings (SSSR count). The zero-order chi connectivity index (χ0) is 20.2. The van der Waals surface area contributed by atoms with E-state index in [4.69, 9.17) is 19.2 Å². The number of thiazole rings is 1. The Hall–Kier alpha value is -2.35. The third-order valence-electron chi connectivity index (χ3n) is 5.34. The van der Waals surface area contributed by atoms with Crippen LogP contribution in [0.15, 0.2) is 36.4 Å². The second kappa shape index (κ2) is 8.98. The Morgan fingerprint density at radius 3 is 2.17 bits per heavy atom. The summed E-state index contributed by atoms with van der Waals surface area (Å²) in [5.41, 5.74) is 2.22. The molecule has 3 aromatic rings. The van der Waals surface area contributed by atoms with Crippen LogP contribution >= 0.6 is 11.3 Å². The summed E-state index contributed by atoms with van der Waals surface area (Å²) >= 11 is 1.80. The van der Waals surface area contributed by atoms with Gasteiger partial charge in [-0.25, -0.2) is 4.98 Å². The Morgan fingerprint density at radius 2 is 1.52 bits per heavy atom. The summed E-state index contributed by atoms with van der Waals surface area (Å²) < 4.78 is 17.8. The van der Waals surface area contributed by atoms with Crippen molar-refractivity contribution in [2.75, 3.05) is 47.5 Å². The molecule has 2 aromatic carbocycles. The van der Waals surface area contributed by atoms with Gasteiger partial charge in [-0.2, -0.15) is 0 Å². The lowest BCUT2D eigenvalue weighted by atomic mass is 10.1. The third-order valence-corrected chi connectivity index (χ3v) is 6.36. The molecule has 0 saturated carbocycles. The summed E-state index contributed by atoms with van der Waals surface area (Å²) in [7, 11) is 4.96. The van der Waals surface area contributed by atoms with Crippen LogP contribution in [0.25, 0.3) is 10.2 Å². The van der Waals surface area contributed by atoms with E-state index in [0.717, 1.165) is 56.1 Å². The fraction of sp³-hybridized carbons (Fsp3) is 0.409. The first-order chi connectivity index (χ1) is 14.2. The summed E-state index contributed by atoms with van der Waals surface area (Å²) in [5, 5.41) is 1.20. The summed E-state index contributed by atoms with van der Waals surface area (Å²) in [5.74, 6) is 2.10. The van der Waals surface area contributed by atoms with Crippen molar-refractivity contribution in [1.82, 2.24) is 14.8 Å². The molecule has 0 atom stereocenters. The zero-order valence-electron chi connectivity index (χ0n) is 17.2. The number of hydrogen-bond donors (Lipinski definition) is 0. The normalized spacial score (nSPS) is 15.6. The molecule has 1 aromatic heterocycles. The molecular weight excluding hydrogens is 386 g/mol. The number of hydrogen-bond acceptors (Lipinski definition) is 7. The smallest absolute Gasteiger partial charge is 0.203 e. The van der Waals surface area contributed by atoms with E-state index in [9.17, 15) is 0 Å². The van der Waals surface area contributed by atoms with E-state index in [1.165, 1.54) is 9.71 Å². The van der Waals surface area contributed by atoms with Gasteiger partial charge in [0.05, 0.1) is 38.1 Å². The fourth-order valence-electron chi connectivity index (χ4n) is 3.81. The summed E-state index contributed by atoms with van der Waals surface area (Å²) in [6.45, 7) is 5.85. The van der Waals surface area contributed by atoms with Crippen molar-refractivity contribution in [2.45, 2.75) is 13.1 Å². The highest BCUT2D eigenvalue weighted by Gasteiger charge is 2.22. The number of piperazine rings is 1. The average molecular weight is 414 g/mol. The van der Waals surface area contributed by atoms with Crippen LogP contribution < -0.4 is 14.2 Å². The molecule has 0 bridgehead atoms. The molecule has 0 radical (unpaired) electrons. The van der Waals surface area contributed by atoms with Crippen LogP contribution in [0.1, 0.15) is 10.6 Å². The van der Waals surface area contributed by atoms with Crippen LogP contribution in [0, 0.1) is 0 Å². The van der Waals surface area contributed by atoms with Crippen molar-refractivity contribution in [3.8, 4) is 17.2 Å². The summed E-state index contributed by atoms with van der Waals surface area (Å²) in [6.07, 6.45) is 0. The third kappa shape index (κ3) is 4.32. The maximum atomic E-state index is 5.63. The molecule has 1 aliphatic rings. The monoisotopic (exact) mass is 413 g/mol. The van der Waals surface area contributed by atoms with Gasteiger partial charge in [-0.1, -0.05) is 18.2 Å². The van der Waals surface area contributed by atoms with Crippen LogP contribution in [0.5, 0.6) is 17.2 Å². The van der Waals surface area contributed by atoms with Crippen molar-refractivity contribution in [2.24, 2.45) is 0 Å². The highest BCUT2D eigenvalue weighted by molar-refractivity contribution is 7.18. The molecule has 0 amide bonds. The number of benzene rings is 2. The number of methoxy groups -OCH3 is 3. The minimum absolute atomic E-state index is 0.655. The van der Waals surface area contributed by atoms with Crippen molar-refractivity contribution in [3.05, 3.63) is 47.0 Å². The number of ether oxygens (including phenoxy) is 3. The van der Waals surface area contributed by atoms with Crippen LogP contribution in [-0.4, -0.2) is 62.3 Å². The minimum Gasteiger partial charge on any atom is -0.493 e. The van der Waals surface area contributed by atoms with Crippen molar-refractivity contribution >= 4 is 21.6 Å². The first kappa shape index (κ1) is 19.9. The Morgan fingerprint density at radius 1 is 0.828 bits per heavy atom. The first-order valence-electron chi connectivity index (χ1n) is 9.79. The molecule has 1 fully saturated rings. The Labute approximate surface area is 175 Å². The van der Waals surface area contributed by atoms with Gasteiger partial charge >= 0.3 is 0 Å². The van der Waals surface area contributed by atoms with E-state index in [1.807, 2.05) is 12.1 Å². The Bertz CT molecular complexity index is 934. The molecule has 0 spiro atoms. The van der Waals surface area contributed by atoms with Gasteiger partial charge in [-0.3, -0.25) is 9.80 Å². The predicted octanol–water partition coefficient (Wildman–Crippen LogP) is 3.64. The highest BCUT2D eigenvalue weighted by Crippen LogP contribution is 2.40. The second-order valence-corrected chi connectivity index (χ2v) is 8.24. The second-order valence-electron chi connectivity index (χ2n) is 7.12. The maximum absolute atomic E-state index is 5.63. The topological polar surface area (TPSA) is 47.1 Å². The Balaban J connectivity index is 1.37. The highest BCUT2D eigenvalue weighted by atomic mass is 32.1. The van der Waals surface area contributed by atoms with E-state index in [2.05, 4.69) is 34.1 Å². The van der Waals surface area contributed by atoms with E-state index in [0.29, 0.717) is 11.5 Å². The van der Waals surface area contributed by atoms with E-state index < -0.39 is 0 Å². The fourth-order valence-corrected chi connectivity index (χ4v) is 4.82. The number of fused-ring (bicyclic) bond motifs is 1. The van der Waals surface area contributed by atoms with Gasteiger partial charge < -0.3 is 14.2 Å². The molecule has 0 unspecified atom stereocenters. The lowest BCUT2D eigenvalue weighted by Gasteiger charge is -2.34. The number of rotatable bonds is 7. The van der Waals surface area contributed by atoms with E-state index >= 15 is 0 Å². The van der Waals surface area contributed by atoms with Crippen LogP contribution in [0.2, 0.25) is 0 Å². The maximum Gasteiger partial charge on any atom is 0.203 e. The Kier molecular flexibility index (Phi) is 6.18. The molecule has 6 nitrogen and oxygen atoms in total. The number of aromatic nitrogens is 1. The number of para-hydroxylation sites is 1. The quantitative estimate of drug-likeness (QED) is 0.589. The van der Waals surface area contributed by atoms with Gasteiger partial charge in [0.2, 0.25) is 5.75 Å². The van der Waals surface area contributed by atoms with Gasteiger partial charge in [0, 0.05) is 38.3 Å². The number of nitrogens with zero attached hydrogens (tertiary/aromatic N) is 3. The van der Waals surface area contributed by atoms with Crippen molar-refractivity contribution in [1.29, 1.82) is 0 Å². The van der Waals surface area contributed by atoms with Crippen LogP contribution in [-0.2, 0) is 13.1 Å². The standard InChI is InChI=1S/C22H27N3O3S/c1-26-18-9-8-16(21(27-2)22(18)28-3)14-24-10-12-25(13-11-24)15-20-23-17-6-4-5-7-19(17)29-20/h4-9H,10-15H2,1-3H3. The minimum atomic E-state index is 0.655. The molecule has 154 valence electrons. The molecule has 7 heteroatoms. The molecule has 1 saturated heterocycles. The van der Waals surface area contributed by atoms with Gasteiger partial charge in [0.25, 0.3) is 0 Å². The van der Waals surface area contributed by atoms with Gasteiger partial charge in [-0.15, -0.1) is 11.3 Å². The van der Waals surface area contributed by atoms with Gasteiger partial charge in [0.15, 0.2) is 11.5 Å². The summed E-state index contributed by atoms with van der Waals surface area (Å²) in [6, 6.07) is 12.4. The summed E-state index contributed by atoms with van der Waals surface area (Å²) in [4.78, 5) is 9.72. The molecule has 0 N–H and O–H groups in total. The predicted molar refractivity (Wildman–Crippen MR) is 116 cm³/mol. The molecule has 1 aliphatic heterocycles. The van der Waals surface area contributed by atoms with Gasteiger partial charge in [0.1, 0.15) is 5.01 Å². The van der Waals surface area contributed by atoms with Gasteiger partial charge in [-0.05, 0) is 18.2 Å². The SMILES string of the molecule is COc1ccc(CN2CCN(Cc3nc4ccccc4s3)CC2)c(OC)c1OC. The van der Waals surface area contributed by atoms with Crippen molar-refractivity contribution in [3.63, 3.8) is 0 Å². The zero-order valence-corrected chi connectivity index (χ0v) is 18.0. The first-order valence-corrected chi connectivity index (χ1v) is 10.6. The molecule has 2 heterocycles. The molecule has 29 heavy (non-hydrogen) atoms. The largest absolute Gasteiger partial charge is 0.493 e.